The van der Waals surface area contributed by atoms with E-state index < -0.39 is 0 Å². The Morgan fingerprint density at radius 3 is 2.59 bits per heavy atom. The van der Waals surface area contributed by atoms with E-state index in [-0.39, 0.29) is 5.41 Å². The third-order valence-electron chi connectivity index (χ3n) is 3.58. The summed E-state index contributed by atoms with van der Waals surface area (Å²) in [6.07, 6.45) is 18.2. The predicted octanol–water partition coefficient (Wildman–Crippen LogP) is 5.31. The molecule has 0 heterocycles. The van der Waals surface area contributed by atoms with Gasteiger partial charge in [-0.05, 0) is 0 Å². The van der Waals surface area contributed by atoms with E-state index in [0.29, 0.717) is 6.71 Å². The first-order valence-corrected chi connectivity index (χ1v) is 7.14. The van der Waals surface area contributed by atoms with Gasteiger partial charge in [0.25, 0.3) is 0 Å². The van der Waals surface area contributed by atoms with Crippen molar-refractivity contribution >= 4 is 6.71 Å². The van der Waals surface area contributed by atoms with Crippen molar-refractivity contribution in [2.24, 2.45) is 5.41 Å². The van der Waals surface area contributed by atoms with Crippen LogP contribution >= 0.6 is 0 Å². The third kappa shape index (κ3) is 5.43. The van der Waals surface area contributed by atoms with Crippen molar-refractivity contribution < 1.29 is 0 Å². The Morgan fingerprint density at radius 2 is 1.88 bits per heavy atom. The minimum Gasteiger partial charge on any atom is -0.0817 e. The standard InChI is InChI=1S/C16H27B/c1-5-6-7-8-14-17(4)15-10-9-12-16(2,3)13-11-15/h9-13H,5-8,14H2,1-4H3. The molecule has 1 heteroatoms. The van der Waals surface area contributed by atoms with Gasteiger partial charge in [-0.15, -0.1) is 0 Å². The summed E-state index contributed by atoms with van der Waals surface area (Å²) in [5.74, 6) is 0. The van der Waals surface area contributed by atoms with E-state index in [2.05, 4.69) is 58.0 Å². The first-order chi connectivity index (χ1) is 8.05. The lowest BCUT2D eigenvalue weighted by Crippen LogP contribution is -2.10. The van der Waals surface area contributed by atoms with Gasteiger partial charge in [-0.3, -0.25) is 0 Å². The molecular weight excluding hydrogens is 203 g/mol. The lowest BCUT2D eigenvalue weighted by atomic mass is 9.43. The first-order valence-electron chi connectivity index (χ1n) is 7.14. The fourth-order valence-corrected chi connectivity index (χ4v) is 2.20. The van der Waals surface area contributed by atoms with Crippen LogP contribution in [0.15, 0.2) is 35.9 Å². The van der Waals surface area contributed by atoms with Crippen molar-refractivity contribution in [2.45, 2.75) is 59.6 Å². The van der Waals surface area contributed by atoms with Gasteiger partial charge in [0, 0.05) is 5.41 Å². The van der Waals surface area contributed by atoms with Crippen LogP contribution in [0.1, 0.15) is 46.5 Å². The van der Waals surface area contributed by atoms with Crippen LogP contribution in [0.3, 0.4) is 0 Å². The summed E-state index contributed by atoms with van der Waals surface area (Å²) >= 11 is 0. The van der Waals surface area contributed by atoms with Crippen molar-refractivity contribution in [3.05, 3.63) is 35.9 Å². The molecule has 0 N–H and O–H groups in total. The molecule has 1 aliphatic carbocycles. The molecule has 0 bridgehead atoms. The highest BCUT2D eigenvalue weighted by atomic mass is 14.1. The van der Waals surface area contributed by atoms with Crippen LogP contribution in [0.2, 0.25) is 13.1 Å². The molecule has 0 nitrogen and oxygen atoms in total. The monoisotopic (exact) mass is 230 g/mol. The summed E-state index contributed by atoms with van der Waals surface area (Å²) in [7, 11) is 0. The molecule has 0 amide bonds. The molecule has 0 aromatic rings. The Hall–Kier alpha value is -0.715. The molecule has 0 fully saturated rings. The molecule has 0 aliphatic heterocycles. The minimum atomic E-state index is 0.209. The van der Waals surface area contributed by atoms with Gasteiger partial charge < -0.3 is 0 Å². The Kier molecular flexibility index (Phi) is 5.81. The molecule has 0 saturated heterocycles. The Labute approximate surface area is 108 Å². The number of unbranched alkanes of at least 4 members (excludes halogenated alkanes) is 3. The van der Waals surface area contributed by atoms with Crippen LogP contribution in [-0.2, 0) is 0 Å². The molecule has 0 aromatic heterocycles. The largest absolute Gasteiger partial charge is 0.172 e. The Balaban J connectivity index is 2.45. The highest BCUT2D eigenvalue weighted by molar-refractivity contribution is 6.66. The highest BCUT2D eigenvalue weighted by Crippen LogP contribution is 2.24. The number of hydrogen-bond acceptors (Lipinski definition) is 0. The van der Waals surface area contributed by atoms with Gasteiger partial charge in [0.05, 0.1) is 0 Å². The van der Waals surface area contributed by atoms with Gasteiger partial charge in [-0.1, -0.05) is 95.5 Å². The van der Waals surface area contributed by atoms with E-state index in [0.717, 1.165) is 0 Å². The molecule has 94 valence electrons. The van der Waals surface area contributed by atoms with Crippen molar-refractivity contribution in [1.29, 1.82) is 0 Å². The van der Waals surface area contributed by atoms with E-state index >= 15 is 0 Å². The average molecular weight is 230 g/mol. The number of hydrogen-bond donors (Lipinski definition) is 0. The molecule has 0 atom stereocenters. The number of allylic oxidation sites excluding steroid dienone is 6. The summed E-state index contributed by atoms with van der Waals surface area (Å²) in [5, 5.41) is 0. The van der Waals surface area contributed by atoms with Crippen LogP contribution < -0.4 is 0 Å². The highest BCUT2D eigenvalue weighted by Gasteiger charge is 2.14. The molecule has 0 unspecified atom stereocenters. The van der Waals surface area contributed by atoms with Crippen molar-refractivity contribution in [2.75, 3.05) is 0 Å². The molecule has 1 aliphatic rings. The van der Waals surface area contributed by atoms with Crippen molar-refractivity contribution in [1.82, 2.24) is 0 Å². The maximum absolute atomic E-state index is 2.36. The maximum atomic E-state index is 2.36. The van der Waals surface area contributed by atoms with E-state index in [1.807, 2.05) is 0 Å². The predicted molar refractivity (Wildman–Crippen MR) is 80.7 cm³/mol. The van der Waals surface area contributed by atoms with Gasteiger partial charge in [-0.2, -0.15) is 0 Å². The first kappa shape index (κ1) is 14.3. The molecule has 0 aromatic carbocycles. The summed E-state index contributed by atoms with van der Waals surface area (Å²) < 4.78 is 0. The normalized spacial score (nSPS) is 17.8. The van der Waals surface area contributed by atoms with E-state index in [1.54, 1.807) is 0 Å². The van der Waals surface area contributed by atoms with Crippen LogP contribution in [0.5, 0.6) is 0 Å². The zero-order valence-electron chi connectivity index (χ0n) is 12.0. The fraction of sp³-hybridized carbons (Fsp3) is 0.625. The summed E-state index contributed by atoms with van der Waals surface area (Å²) in [6.45, 7) is 9.83. The lowest BCUT2D eigenvalue weighted by Gasteiger charge is -2.13. The van der Waals surface area contributed by atoms with E-state index in [9.17, 15) is 0 Å². The van der Waals surface area contributed by atoms with Gasteiger partial charge in [0.1, 0.15) is 0 Å². The van der Waals surface area contributed by atoms with Crippen LogP contribution in [-0.4, -0.2) is 6.71 Å². The molecule has 0 saturated carbocycles. The second-order valence-corrected chi connectivity index (χ2v) is 5.93. The fourth-order valence-electron chi connectivity index (χ4n) is 2.20. The molecular formula is C16H27B. The summed E-state index contributed by atoms with van der Waals surface area (Å²) in [5.41, 5.74) is 1.70. The van der Waals surface area contributed by atoms with Crippen molar-refractivity contribution in [3.8, 4) is 0 Å². The smallest absolute Gasteiger partial charge is 0.0817 e. The summed E-state index contributed by atoms with van der Waals surface area (Å²) in [6, 6.07) is 0. The SMILES string of the molecule is CCCCCCB(C)C1=CC=CC(C)(C)C=C1. The van der Waals surface area contributed by atoms with Gasteiger partial charge in [-0.25, -0.2) is 0 Å². The lowest BCUT2D eigenvalue weighted by molar-refractivity contribution is 0.627. The van der Waals surface area contributed by atoms with Gasteiger partial charge in [0.15, 0.2) is 6.71 Å². The quantitative estimate of drug-likeness (QED) is 0.428. The topological polar surface area (TPSA) is 0 Å². The van der Waals surface area contributed by atoms with Gasteiger partial charge in [0.2, 0.25) is 0 Å². The average Bonchev–Trinajstić information content (AvgIpc) is 2.45. The molecule has 0 radical (unpaired) electrons. The van der Waals surface area contributed by atoms with Crippen LogP contribution in [0.4, 0.5) is 0 Å². The zero-order valence-corrected chi connectivity index (χ0v) is 12.0. The van der Waals surface area contributed by atoms with E-state index in [4.69, 9.17) is 0 Å². The molecule has 0 spiro atoms. The molecule has 17 heavy (non-hydrogen) atoms. The second-order valence-electron chi connectivity index (χ2n) is 5.93. The Bertz CT molecular complexity index is 307. The second kappa shape index (κ2) is 6.88. The third-order valence-corrected chi connectivity index (χ3v) is 3.58. The van der Waals surface area contributed by atoms with E-state index in [1.165, 1.54) is 37.5 Å². The number of rotatable bonds is 6. The Morgan fingerprint density at radius 1 is 1.12 bits per heavy atom. The minimum absolute atomic E-state index is 0.209. The molecule has 1 rings (SSSR count). The zero-order chi connectivity index (χ0) is 12.7. The van der Waals surface area contributed by atoms with Gasteiger partial charge >= 0.3 is 0 Å². The van der Waals surface area contributed by atoms with Crippen molar-refractivity contribution in [3.63, 3.8) is 0 Å². The maximum Gasteiger partial charge on any atom is 0.172 e. The summed E-state index contributed by atoms with van der Waals surface area (Å²) in [4.78, 5) is 0. The van der Waals surface area contributed by atoms with Crippen LogP contribution in [0.25, 0.3) is 0 Å². The van der Waals surface area contributed by atoms with Crippen LogP contribution in [0, 0.1) is 5.41 Å².